The standard InChI is InChI=1S/C20H20ClFN2O3/c1-27-18-6-3-2-5-16(18)20(26)24-10-4-9-23(11-12-24)19(25)15-8-7-14(22)13-17(15)21/h2-3,5-8,13H,4,9-12H2,1H3. The predicted octanol–water partition coefficient (Wildman–Crippen LogP) is 3.48. The van der Waals surface area contributed by atoms with E-state index in [1.54, 1.807) is 28.0 Å². The summed E-state index contributed by atoms with van der Waals surface area (Å²) in [7, 11) is 1.53. The van der Waals surface area contributed by atoms with Crippen molar-refractivity contribution in [1.82, 2.24) is 9.80 Å². The van der Waals surface area contributed by atoms with Crippen molar-refractivity contribution in [2.45, 2.75) is 6.42 Å². The Morgan fingerprint density at radius 2 is 1.59 bits per heavy atom. The molecule has 2 aromatic carbocycles. The summed E-state index contributed by atoms with van der Waals surface area (Å²) in [5.41, 5.74) is 0.768. The van der Waals surface area contributed by atoms with Gasteiger partial charge >= 0.3 is 0 Å². The van der Waals surface area contributed by atoms with Crippen LogP contribution in [0.2, 0.25) is 5.02 Å². The SMILES string of the molecule is COc1ccccc1C(=O)N1CCCN(C(=O)c2ccc(F)cc2Cl)CC1. The number of hydrogen-bond acceptors (Lipinski definition) is 3. The zero-order valence-electron chi connectivity index (χ0n) is 15.0. The van der Waals surface area contributed by atoms with Crippen LogP contribution in [0.15, 0.2) is 42.5 Å². The second kappa shape index (κ2) is 8.39. The fourth-order valence-electron chi connectivity index (χ4n) is 3.15. The van der Waals surface area contributed by atoms with E-state index < -0.39 is 5.82 Å². The van der Waals surface area contributed by atoms with E-state index in [4.69, 9.17) is 16.3 Å². The van der Waals surface area contributed by atoms with Gasteiger partial charge in [-0.2, -0.15) is 0 Å². The molecule has 2 amide bonds. The van der Waals surface area contributed by atoms with Crippen LogP contribution in [0.3, 0.4) is 0 Å². The quantitative estimate of drug-likeness (QED) is 0.806. The van der Waals surface area contributed by atoms with Gasteiger partial charge in [0.1, 0.15) is 11.6 Å². The van der Waals surface area contributed by atoms with E-state index in [1.807, 2.05) is 6.07 Å². The van der Waals surface area contributed by atoms with Crippen LogP contribution in [0.4, 0.5) is 4.39 Å². The molecular formula is C20H20ClFN2O3. The van der Waals surface area contributed by atoms with E-state index >= 15 is 0 Å². The Hall–Kier alpha value is -2.60. The van der Waals surface area contributed by atoms with Crippen LogP contribution in [0, 0.1) is 5.82 Å². The highest BCUT2D eigenvalue weighted by Crippen LogP contribution is 2.22. The van der Waals surface area contributed by atoms with Crippen LogP contribution in [0.1, 0.15) is 27.1 Å². The number of nitrogens with zero attached hydrogens (tertiary/aromatic N) is 2. The Morgan fingerprint density at radius 3 is 2.22 bits per heavy atom. The summed E-state index contributed by atoms with van der Waals surface area (Å²) in [6.07, 6.45) is 0.644. The monoisotopic (exact) mass is 390 g/mol. The first-order chi connectivity index (χ1) is 13.0. The van der Waals surface area contributed by atoms with Crippen LogP contribution >= 0.6 is 11.6 Å². The minimum atomic E-state index is -0.485. The third kappa shape index (κ3) is 4.22. The summed E-state index contributed by atoms with van der Waals surface area (Å²) >= 11 is 6.01. The van der Waals surface area contributed by atoms with Gasteiger partial charge in [0.2, 0.25) is 0 Å². The molecule has 0 spiro atoms. The maximum atomic E-state index is 13.2. The molecule has 1 aliphatic heterocycles. The molecule has 0 saturated carbocycles. The van der Waals surface area contributed by atoms with Crippen molar-refractivity contribution >= 4 is 23.4 Å². The molecule has 0 N–H and O–H groups in total. The van der Waals surface area contributed by atoms with Crippen molar-refractivity contribution in [2.75, 3.05) is 33.3 Å². The van der Waals surface area contributed by atoms with Crippen LogP contribution < -0.4 is 4.74 Å². The van der Waals surface area contributed by atoms with E-state index in [2.05, 4.69) is 0 Å². The molecule has 0 atom stereocenters. The lowest BCUT2D eigenvalue weighted by Crippen LogP contribution is -2.37. The maximum Gasteiger partial charge on any atom is 0.257 e. The number of carbonyl (C=O) groups excluding carboxylic acids is 2. The van der Waals surface area contributed by atoms with Crippen LogP contribution in [-0.4, -0.2) is 54.9 Å². The topological polar surface area (TPSA) is 49.9 Å². The van der Waals surface area contributed by atoms with Gasteiger partial charge in [-0.25, -0.2) is 4.39 Å². The van der Waals surface area contributed by atoms with Crippen molar-refractivity contribution in [2.24, 2.45) is 0 Å². The lowest BCUT2D eigenvalue weighted by atomic mass is 10.1. The third-order valence-electron chi connectivity index (χ3n) is 4.57. The molecule has 0 bridgehead atoms. The highest BCUT2D eigenvalue weighted by Gasteiger charge is 2.25. The molecule has 1 saturated heterocycles. The molecule has 27 heavy (non-hydrogen) atoms. The number of hydrogen-bond donors (Lipinski definition) is 0. The Labute approximate surface area is 162 Å². The summed E-state index contributed by atoms with van der Waals surface area (Å²) in [4.78, 5) is 28.9. The molecular weight excluding hydrogens is 371 g/mol. The molecule has 1 heterocycles. The van der Waals surface area contributed by atoms with Crippen molar-refractivity contribution in [3.05, 3.63) is 64.4 Å². The second-order valence-electron chi connectivity index (χ2n) is 6.26. The molecule has 142 valence electrons. The lowest BCUT2D eigenvalue weighted by molar-refractivity contribution is 0.0717. The average Bonchev–Trinajstić information content (AvgIpc) is 2.93. The Balaban J connectivity index is 1.72. The first-order valence-electron chi connectivity index (χ1n) is 8.68. The number of rotatable bonds is 3. The zero-order chi connectivity index (χ0) is 19.4. The summed E-state index contributed by atoms with van der Waals surface area (Å²) < 4.78 is 18.5. The molecule has 1 fully saturated rings. The van der Waals surface area contributed by atoms with Gasteiger partial charge in [-0.3, -0.25) is 9.59 Å². The second-order valence-corrected chi connectivity index (χ2v) is 6.67. The maximum absolute atomic E-state index is 13.2. The highest BCUT2D eigenvalue weighted by molar-refractivity contribution is 6.33. The minimum Gasteiger partial charge on any atom is -0.496 e. The normalized spacial score (nSPS) is 14.6. The number of methoxy groups -OCH3 is 1. The molecule has 5 nitrogen and oxygen atoms in total. The van der Waals surface area contributed by atoms with Crippen molar-refractivity contribution in [1.29, 1.82) is 0 Å². The summed E-state index contributed by atoms with van der Waals surface area (Å²) in [5, 5.41) is 0.0891. The van der Waals surface area contributed by atoms with Crippen molar-refractivity contribution in [3.8, 4) is 5.75 Å². The summed E-state index contributed by atoms with van der Waals surface area (Å²) in [6.45, 7) is 1.83. The van der Waals surface area contributed by atoms with Crippen LogP contribution in [0.5, 0.6) is 5.75 Å². The van der Waals surface area contributed by atoms with E-state index in [-0.39, 0.29) is 22.4 Å². The molecule has 2 aromatic rings. The Bertz CT molecular complexity index is 859. The number of benzene rings is 2. The van der Waals surface area contributed by atoms with Gasteiger partial charge in [-0.15, -0.1) is 0 Å². The number of halogens is 2. The average molecular weight is 391 g/mol. The van der Waals surface area contributed by atoms with Crippen LogP contribution in [-0.2, 0) is 0 Å². The van der Waals surface area contributed by atoms with Crippen LogP contribution in [0.25, 0.3) is 0 Å². The van der Waals surface area contributed by atoms with Gasteiger partial charge in [0.25, 0.3) is 11.8 Å². The first-order valence-corrected chi connectivity index (χ1v) is 9.05. The van der Waals surface area contributed by atoms with Gasteiger partial charge < -0.3 is 14.5 Å². The van der Waals surface area contributed by atoms with E-state index in [1.165, 1.54) is 19.2 Å². The molecule has 1 aliphatic rings. The number of amides is 2. The number of ether oxygens (including phenoxy) is 1. The molecule has 0 aliphatic carbocycles. The smallest absolute Gasteiger partial charge is 0.257 e. The summed E-state index contributed by atoms with van der Waals surface area (Å²) in [6, 6.07) is 10.8. The molecule has 0 unspecified atom stereocenters. The molecule has 3 rings (SSSR count). The van der Waals surface area contributed by atoms with Gasteiger partial charge in [0.05, 0.1) is 23.3 Å². The Kier molecular flexibility index (Phi) is 5.96. The fourth-order valence-corrected chi connectivity index (χ4v) is 3.40. The lowest BCUT2D eigenvalue weighted by Gasteiger charge is -2.23. The fraction of sp³-hybridized carbons (Fsp3) is 0.300. The minimum absolute atomic E-state index is 0.0891. The van der Waals surface area contributed by atoms with E-state index in [0.717, 1.165) is 6.07 Å². The van der Waals surface area contributed by atoms with Gasteiger partial charge in [0, 0.05) is 26.2 Å². The van der Waals surface area contributed by atoms with E-state index in [9.17, 15) is 14.0 Å². The molecule has 0 aromatic heterocycles. The number of para-hydroxylation sites is 1. The molecule has 7 heteroatoms. The zero-order valence-corrected chi connectivity index (χ0v) is 15.7. The van der Waals surface area contributed by atoms with Gasteiger partial charge in [-0.05, 0) is 36.8 Å². The summed E-state index contributed by atoms with van der Waals surface area (Å²) in [5.74, 6) is -0.341. The van der Waals surface area contributed by atoms with Gasteiger partial charge in [0.15, 0.2) is 0 Å². The highest BCUT2D eigenvalue weighted by atomic mass is 35.5. The molecule has 0 radical (unpaired) electrons. The predicted molar refractivity (Wildman–Crippen MR) is 101 cm³/mol. The van der Waals surface area contributed by atoms with E-state index in [0.29, 0.717) is 43.9 Å². The first kappa shape index (κ1) is 19.2. The largest absolute Gasteiger partial charge is 0.496 e. The van der Waals surface area contributed by atoms with Gasteiger partial charge in [-0.1, -0.05) is 23.7 Å². The van der Waals surface area contributed by atoms with Crippen molar-refractivity contribution in [3.63, 3.8) is 0 Å². The van der Waals surface area contributed by atoms with Crippen molar-refractivity contribution < 1.29 is 18.7 Å². The Morgan fingerprint density at radius 1 is 0.963 bits per heavy atom. The third-order valence-corrected chi connectivity index (χ3v) is 4.88. The number of carbonyl (C=O) groups is 2.